The molecular weight excluding hydrogens is 298 g/mol. The third-order valence-corrected chi connectivity index (χ3v) is 3.84. The fraction of sp³-hybridized carbons (Fsp3) is 0.529. The van der Waals surface area contributed by atoms with Crippen molar-refractivity contribution >= 4 is 11.9 Å². The number of amides is 1. The van der Waals surface area contributed by atoms with Gasteiger partial charge < -0.3 is 19.9 Å². The maximum absolute atomic E-state index is 11.9. The summed E-state index contributed by atoms with van der Waals surface area (Å²) in [6.07, 6.45) is 2.87. The first-order chi connectivity index (χ1) is 11.2. The fourth-order valence-corrected chi connectivity index (χ4v) is 2.41. The highest BCUT2D eigenvalue weighted by Crippen LogP contribution is 2.14. The molecule has 0 spiro atoms. The molecule has 1 aliphatic rings. The van der Waals surface area contributed by atoms with Crippen LogP contribution in [0, 0.1) is 5.92 Å². The minimum Gasteiger partial charge on any atom is -0.478 e. The Morgan fingerprint density at radius 3 is 2.48 bits per heavy atom. The third-order valence-electron chi connectivity index (χ3n) is 3.84. The number of benzene rings is 1. The van der Waals surface area contributed by atoms with E-state index in [-0.39, 0.29) is 11.5 Å². The lowest BCUT2D eigenvalue weighted by molar-refractivity contribution is 0.0202. The second kappa shape index (κ2) is 9.27. The molecule has 1 aliphatic heterocycles. The highest BCUT2D eigenvalue weighted by Gasteiger charge is 2.13. The minimum absolute atomic E-state index is 0.170. The number of carboxylic acid groups (broad SMARTS) is 1. The number of aromatic carboxylic acids is 1. The van der Waals surface area contributed by atoms with Crippen LogP contribution >= 0.6 is 0 Å². The molecule has 126 valence electrons. The molecule has 6 nitrogen and oxygen atoms in total. The van der Waals surface area contributed by atoms with Gasteiger partial charge in [0, 0.05) is 38.5 Å². The van der Waals surface area contributed by atoms with Gasteiger partial charge in [0.2, 0.25) is 0 Å². The van der Waals surface area contributed by atoms with Gasteiger partial charge in [0.25, 0.3) is 5.91 Å². The smallest absolute Gasteiger partial charge is 0.335 e. The van der Waals surface area contributed by atoms with E-state index in [4.69, 9.17) is 14.6 Å². The number of carbonyl (C=O) groups excluding carboxylic acids is 1. The molecule has 0 aliphatic carbocycles. The van der Waals surface area contributed by atoms with Gasteiger partial charge in [-0.25, -0.2) is 4.79 Å². The van der Waals surface area contributed by atoms with Crippen LogP contribution in [0.25, 0.3) is 0 Å². The molecule has 1 aromatic carbocycles. The van der Waals surface area contributed by atoms with Crippen LogP contribution in [-0.2, 0) is 9.47 Å². The summed E-state index contributed by atoms with van der Waals surface area (Å²) in [6.45, 7) is 3.56. The van der Waals surface area contributed by atoms with Crippen LogP contribution in [0.5, 0.6) is 0 Å². The molecule has 0 unspecified atom stereocenters. The van der Waals surface area contributed by atoms with Crippen LogP contribution in [-0.4, -0.2) is 50.0 Å². The average Bonchev–Trinajstić information content (AvgIpc) is 2.58. The maximum Gasteiger partial charge on any atom is 0.335 e. The van der Waals surface area contributed by atoms with E-state index in [9.17, 15) is 9.59 Å². The summed E-state index contributed by atoms with van der Waals surface area (Å²) in [6, 6.07) is 5.88. The van der Waals surface area contributed by atoms with Gasteiger partial charge in [-0.2, -0.15) is 0 Å². The standard InChI is InChI=1S/C17H23NO5/c19-16(14-2-4-15(5-3-14)17(20)21)18-8-1-9-23-12-13-6-10-22-11-7-13/h2-5,13H,1,6-12H2,(H,18,19)(H,20,21). The molecule has 2 rings (SSSR count). The van der Waals surface area contributed by atoms with Crippen molar-refractivity contribution in [1.82, 2.24) is 5.32 Å². The highest BCUT2D eigenvalue weighted by atomic mass is 16.5. The van der Waals surface area contributed by atoms with Crippen molar-refractivity contribution in [2.24, 2.45) is 5.92 Å². The van der Waals surface area contributed by atoms with E-state index in [1.165, 1.54) is 24.3 Å². The molecule has 23 heavy (non-hydrogen) atoms. The molecule has 0 radical (unpaired) electrons. The normalized spacial score (nSPS) is 15.3. The van der Waals surface area contributed by atoms with Crippen LogP contribution in [0.15, 0.2) is 24.3 Å². The van der Waals surface area contributed by atoms with E-state index >= 15 is 0 Å². The lowest BCUT2D eigenvalue weighted by atomic mass is 10.0. The van der Waals surface area contributed by atoms with Crippen LogP contribution < -0.4 is 5.32 Å². The summed E-state index contributed by atoms with van der Waals surface area (Å²) in [5, 5.41) is 11.6. The van der Waals surface area contributed by atoms with Gasteiger partial charge in [0.1, 0.15) is 0 Å². The number of hydrogen-bond donors (Lipinski definition) is 2. The number of rotatable bonds is 8. The quantitative estimate of drug-likeness (QED) is 0.715. The van der Waals surface area contributed by atoms with Gasteiger partial charge in [-0.3, -0.25) is 4.79 Å². The van der Waals surface area contributed by atoms with Gasteiger partial charge in [0.05, 0.1) is 5.56 Å². The Morgan fingerprint density at radius 1 is 1.17 bits per heavy atom. The largest absolute Gasteiger partial charge is 0.478 e. The summed E-state index contributed by atoms with van der Waals surface area (Å²) in [4.78, 5) is 22.6. The molecule has 0 aromatic heterocycles. The summed E-state index contributed by atoms with van der Waals surface area (Å²) >= 11 is 0. The van der Waals surface area contributed by atoms with E-state index < -0.39 is 5.97 Å². The lowest BCUT2D eigenvalue weighted by Crippen LogP contribution is -2.26. The van der Waals surface area contributed by atoms with E-state index in [0.717, 1.165) is 39.1 Å². The first-order valence-electron chi connectivity index (χ1n) is 7.94. The van der Waals surface area contributed by atoms with Crippen molar-refractivity contribution in [2.75, 3.05) is 33.0 Å². The van der Waals surface area contributed by atoms with Gasteiger partial charge in [-0.15, -0.1) is 0 Å². The molecule has 0 saturated carbocycles. The molecule has 0 atom stereocenters. The Kier molecular flexibility index (Phi) is 7.03. The Hall–Kier alpha value is -1.92. The fourth-order valence-electron chi connectivity index (χ4n) is 2.41. The van der Waals surface area contributed by atoms with Gasteiger partial charge in [-0.1, -0.05) is 0 Å². The van der Waals surface area contributed by atoms with Crippen molar-refractivity contribution < 1.29 is 24.2 Å². The zero-order valence-electron chi connectivity index (χ0n) is 13.1. The van der Waals surface area contributed by atoms with Crippen molar-refractivity contribution in [2.45, 2.75) is 19.3 Å². The summed E-state index contributed by atoms with van der Waals surface area (Å²) in [7, 11) is 0. The predicted octanol–water partition coefficient (Wildman–Crippen LogP) is 1.95. The Balaban J connectivity index is 1.58. The zero-order chi connectivity index (χ0) is 16.5. The van der Waals surface area contributed by atoms with E-state index in [1.807, 2.05) is 0 Å². The SMILES string of the molecule is O=C(O)c1ccc(C(=O)NCCCOCC2CCOCC2)cc1. The number of hydrogen-bond acceptors (Lipinski definition) is 4. The molecule has 2 N–H and O–H groups in total. The average molecular weight is 321 g/mol. The highest BCUT2D eigenvalue weighted by molar-refractivity contribution is 5.95. The molecule has 1 amide bonds. The Morgan fingerprint density at radius 2 is 1.83 bits per heavy atom. The monoisotopic (exact) mass is 321 g/mol. The number of carbonyl (C=O) groups is 2. The van der Waals surface area contributed by atoms with Gasteiger partial charge in [-0.05, 0) is 49.4 Å². The molecule has 1 saturated heterocycles. The first kappa shape index (κ1) is 17.4. The van der Waals surface area contributed by atoms with E-state index in [0.29, 0.717) is 24.6 Å². The van der Waals surface area contributed by atoms with Crippen LogP contribution in [0.4, 0.5) is 0 Å². The first-order valence-corrected chi connectivity index (χ1v) is 7.94. The number of ether oxygens (including phenoxy) is 2. The number of nitrogens with one attached hydrogen (secondary N) is 1. The summed E-state index contributed by atoms with van der Waals surface area (Å²) < 4.78 is 10.9. The van der Waals surface area contributed by atoms with Gasteiger partial charge >= 0.3 is 5.97 Å². The predicted molar refractivity (Wildman–Crippen MR) is 84.7 cm³/mol. The van der Waals surface area contributed by atoms with Crippen molar-refractivity contribution in [3.05, 3.63) is 35.4 Å². The maximum atomic E-state index is 11.9. The molecule has 6 heteroatoms. The Labute approximate surface area is 135 Å². The van der Waals surface area contributed by atoms with E-state index in [2.05, 4.69) is 5.32 Å². The van der Waals surface area contributed by atoms with Crippen LogP contribution in [0.1, 0.15) is 40.0 Å². The second-order valence-electron chi connectivity index (χ2n) is 5.62. The Bertz CT molecular complexity index is 508. The number of carboxylic acids is 1. The third kappa shape index (κ3) is 6.00. The summed E-state index contributed by atoms with van der Waals surface area (Å²) in [5.41, 5.74) is 0.626. The molecule has 1 aromatic rings. The van der Waals surface area contributed by atoms with E-state index in [1.54, 1.807) is 0 Å². The molecular formula is C17H23NO5. The van der Waals surface area contributed by atoms with Crippen molar-refractivity contribution in [3.8, 4) is 0 Å². The molecule has 1 fully saturated rings. The van der Waals surface area contributed by atoms with Crippen molar-refractivity contribution in [1.29, 1.82) is 0 Å². The topological polar surface area (TPSA) is 84.9 Å². The minimum atomic E-state index is -1.00. The zero-order valence-corrected chi connectivity index (χ0v) is 13.1. The molecule has 0 bridgehead atoms. The lowest BCUT2D eigenvalue weighted by Gasteiger charge is -2.21. The summed E-state index contributed by atoms with van der Waals surface area (Å²) in [5.74, 6) is -0.615. The van der Waals surface area contributed by atoms with Gasteiger partial charge in [0.15, 0.2) is 0 Å². The van der Waals surface area contributed by atoms with Crippen molar-refractivity contribution in [3.63, 3.8) is 0 Å². The second-order valence-corrected chi connectivity index (χ2v) is 5.62. The molecule has 1 heterocycles. The van der Waals surface area contributed by atoms with Crippen LogP contribution in [0.3, 0.4) is 0 Å². The van der Waals surface area contributed by atoms with Crippen LogP contribution in [0.2, 0.25) is 0 Å².